The highest BCUT2D eigenvalue weighted by molar-refractivity contribution is 5.69. The first-order valence-corrected chi connectivity index (χ1v) is 16.0. The van der Waals surface area contributed by atoms with Gasteiger partial charge in [-0.25, -0.2) is 0 Å². The van der Waals surface area contributed by atoms with Crippen molar-refractivity contribution >= 4 is 11.9 Å². The van der Waals surface area contributed by atoms with E-state index in [1.165, 1.54) is 32.6 Å². The lowest BCUT2D eigenvalue weighted by molar-refractivity contribution is -0.305. The number of unbranched alkanes of at least 4 members (excludes halogenated alkanes) is 9. The summed E-state index contributed by atoms with van der Waals surface area (Å²) in [6.45, 7) is 2.31. The summed E-state index contributed by atoms with van der Waals surface area (Å²) < 4.78 is 21.1. The predicted molar refractivity (Wildman–Crippen MR) is 164 cm³/mol. The third kappa shape index (κ3) is 19.0. The SMILES string of the molecule is CCCCC/C=C\C/C=C\C/C=C\CCCCCCCCC(=O)OC(COC(C)=O)COC1OC(CO)C(O)C(O)C1O. The molecule has 10 heteroatoms. The van der Waals surface area contributed by atoms with E-state index >= 15 is 0 Å². The molecular weight excluding hydrogens is 556 g/mol. The fraction of sp³-hybridized carbons (Fsp3) is 0.758. The summed E-state index contributed by atoms with van der Waals surface area (Å²) in [5.41, 5.74) is 0. The average molecular weight is 613 g/mol. The number of rotatable bonds is 24. The molecule has 4 N–H and O–H groups in total. The molecule has 1 saturated heterocycles. The number of carbonyl (C=O) groups is 2. The van der Waals surface area contributed by atoms with Gasteiger partial charge in [0.2, 0.25) is 0 Å². The number of aliphatic hydroxyl groups excluding tert-OH is 4. The molecule has 0 saturated carbocycles. The molecule has 6 atom stereocenters. The Balaban J connectivity index is 2.17. The van der Waals surface area contributed by atoms with Crippen LogP contribution in [0.3, 0.4) is 0 Å². The van der Waals surface area contributed by atoms with E-state index in [1.54, 1.807) is 0 Å². The highest BCUT2D eigenvalue weighted by atomic mass is 16.7. The maximum atomic E-state index is 12.4. The highest BCUT2D eigenvalue weighted by Gasteiger charge is 2.44. The van der Waals surface area contributed by atoms with Gasteiger partial charge in [-0.1, -0.05) is 81.9 Å². The van der Waals surface area contributed by atoms with Crippen molar-refractivity contribution in [2.75, 3.05) is 19.8 Å². The van der Waals surface area contributed by atoms with Crippen LogP contribution in [0.1, 0.15) is 104 Å². The Bertz CT molecular complexity index is 810. The largest absolute Gasteiger partial charge is 0.462 e. The molecule has 0 aromatic heterocycles. The number of esters is 2. The molecule has 6 unspecified atom stereocenters. The Morgan fingerprint density at radius 1 is 0.767 bits per heavy atom. The fourth-order valence-corrected chi connectivity index (χ4v) is 4.51. The first-order chi connectivity index (χ1) is 20.8. The van der Waals surface area contributed by atoms with E-state index in [0.29, 0.717) is 6.42 Å². The third-order valence-electron chi connectivity index (χ3n) is 7.09. The van der Waals surface area contributed by atoms with Gasteiger partial charge in [0, 0.05) is 13.3 Å². The van der Waals surface area contributed by atoms with Gasteiger partial charge in [0.25, 0.3) is 0 Å². The van der Waals surface area contributed by atoms with Gasteiger partial charge in [0.15, 0.2) is 12.4 Å². The Kier molecular flexibility index (Phi) is 22.9. The third-order valence-corrected chi connectivity index (χ3v) is 7.09. The van der Waals surface area contributed by atoms with Crippen LogP contribution in [0.5, 0.6) is 0 Å². The van der Waals surface area contributed by atoms with Crippen LogP contribution in [-0.2, 0) is 28.5 Å². The number of hydrogen-bond acceptors (Lipinski definition) is 10. The van der Waals surface area contributed by atoms with Gasteiger partial charge in [-0.15, -0.1) is 0 Å². The molecule has 1 aliphatic heterocycles. The van der Waals surface area contributed by atoms with E-state index in [-0.39, 0.29) is 19.6 Å². The molecule has 0 amide bonds. The second kappa shape index (κ2) is 25.3. The zero-order valence-electron chi connectivity index (χ0n) is 26.2. The van der Waals surface area contributed by atoms with Crippen molar-refractivity contribution in [2.24, 2.45) is 0 Å². The van der Waals surface area contributed by atoms with E-state index in [0.717, 1.165) is 51.4 Å². The van der Waals surface area contributed by atoms with Gasteiger partial charge in [0.1, 0.15) is 31.0 Å². The molecule has 1 heterocycles. The van der Waals surface area contributed by atoms with Gasteiger partial charge in [-0.3, -0.25) is 9.59 Å². The average Bonchev–Trinajstić information content (AvgIpc) is 2.99. The minimum atomic E-state index is -1.59. The van der Waals surface area contributed by atoms with Crippen LogP contribution in [0.4, 0.5) is 0 Å². The quantitative estimate of drug-likeness (QED) is 0.0700. The van der Waals surface area contributed by atoms with Crippen molar-refractivity contribution in [3.05, 3.63) is 36.5 Å². The lowest BCUT2D eigenvalue weighted by Crippen LogP contribution is -2.59. The molecule has 0 spiro atoms. The van der Waals surface area contributed by atoms with Crippen molar-refractivity contribution in [1.29, 1.82) is 0 Å². The second-order valence-corrected chi connectivity index (χ2v) is 11.0. The van der Waals surface area contributed by atoms with Gasteiger partial charge in [0.05, 0.1) is 13.2 Å². The van der Waals surface area contributed by atoms with Crippen molar-refractivity contribution in [2.45, 2.75) is 141 Å². The molecule has 0 aromatic carbocycles. The lowest BCUT2D eigenvalue weighted by Gasteiger charge is -2.39. The summed E-state index contributed by atoms with van der Waals surface area (Å²) in [7, 11) is 0. The molecule has 1 aliphatic rings. The van der Waals surface area contributed by atoms with E-state index in [1.807, 2.05) is 0 Å². The van der Waals surface area contributed by atoms with Crippen LogP contribution in [0.25, 0.3) is 0 Å². The summed E-state index contributed by atoms with van der Waals surface area (Å²) in [6, 6.07) is 0. The minimum Gasteiger partial charge on any atom is -0.462 e. The van der Waals surface area contributed by atoms with Crippen LogP contribution >= 0.6 is 0 Å². The first kappa shape index (κ1) is 38.9. The zero-order valence-corrected chi connectivity index (χ0v) is 26.2. The molecule has 248 valence electrons. The first-order valence-electron chi connectivity index (χ1n) is 16.0. The number of hydrogen-bond donors (Lipinski definition) is 4. The van der Waals surface area contributed by atoms with E-state index < -0.39 is 55.4 Å². The Labute approximate surface area is 257 Å². The molecular formula is C33H56O10. The summed E-state index contributed by atoms with van der Waals surface area (Å²) in [5, 5.41) is 39.2. The van der Waals surface area contributed by atoms with Crippen molar-refractivity contribution < 1.29 is 49.0 Å². The van der Waals surface area contributed by atoms with E-state index in [4.69, 9.17) is 18.9 Å². The van der Waals surface area contributed by atoms with Crippen LogP contribution in [0, 0.1) is 0 Å². The van der Waals surface area contributed by atoms with Gasteiger partial charge in [-0.05, 0) is 44.9 Å². The summed E-state index contributed by atoms with van der Waals surface area (Å²) >= 11 is 0. The molecule has 10 nitrogen and oxygen atoms in total. The van der Waals surface area contributed by atoms with E-state index in [2.05, 4.69) is 43.4 Å². The summed E-state index contributed by atoms with van der Waals surface area (Å²) in [6.07, 6.45) is 19.6. The number of ether oxygens (including phenoxy) is 4. The van der Waals surface area contributed by atoms with Crippen LogP contribution in [-0.4, -0.2) is 89.0 Å². The monoisotopic (exact) mass is 612 g/mol. The van der Waals surface area contributed by atoms with Gasteiger partial charge >= 0.3 is 11.9 Å². The highest BCUT2D eigenvalue weighted by Crippen LogP contribution is 2.22. The van der Waals surface area contributed by atoms with Crippen LogP contribution in [0.15, 0.2) is 36.5 Å². The van der Waals surface area contributed by atoms with Gasteiger partial charge in [-0.2, -0.15) is 0 Å². The van der Waals surface area contributed by atoms with Crippen molar-refractivity contribution in [3.8, 4) is 0 Å². The minimum absolute atomic E-state index is 0.210. The van der Waals surface area contributed by atoms with Gasteiger partial charge < -0.3 is 39.4 Å². The van der Waals surface area contributed by atoms with E-state index in [9.17, 15) is 30.0 Å². The lowest BCUT2D eigenvalue weighted by atomic mass is 9.99. The molecule has 0 bridgehead atoms. The van der Waals surface area contributed by atoms with Crippen molar-refractivity contribution in [3.63, 3.8) is 0 Å². The Morgan fingerprint density at radius 3 is 1.95 bits per heavy atom. The molecule has 1 fully saturated rings. The molecule has 0 aliphatic carbocycles. The van der Waals surface area contributed by atoms with Crippen LogP contribution < -0.4 is 0 Å². The second-order valence-electron chi connectivity index (χ2n) is 11.0. The van der Waals surface area contributed by atoms with Crippen LogP contribution in [0.2, 0.25) is 0 Å². The van der Waals surface area contributed by atoms with Crippen molar-refractivity contribution in [1.82, 2.24) is 0 Å². The molecule has 0 radical (unpaired) electrons. The molecule has 0 aromatic rings. The summed E-state index contributed by atoms with van der Waals surface area (Å²) in [4.78, 5) is 23.6. The molecule has 1 rings (SSSR count). The maximum absolute atomic E-state index is 12.4. The topological polar surface area (TPSA) is 152 Å². The fourth-order valence-electron chi connectivity index (χ4n) is 4.51. The summed E-state index contributed by atoms with van der Waals surface area (Å²) in [5.74, 6) is -1.02. The molecule has 43 heavy (non-hydrogen) atoms. The maximum Gasteiger partial charge on any atom is 0.306 e. The number of aliphatic hydroxyl groups is 4. The standard InChI is InChI=1S/C33H56O10/c1-3-4-5-6-7-8-9-10-11-12-13-14-15-16-17-18-19-20-21-22-29(36)42-27(24-40-26(2)35)25-41-33-32(39)31(38)30(37)28(23-34)43-33/h7-8,10-11,13-14,27-28,30-34,37-39H,3-6,9,12,15-25H2,1-2H3/b8-7-,11-10-,14-13-. The normalized spacial score (nSPS) is 23.3. The Morgan fingerprint density at radius 2 is 1.35 bits per heavy atom. The number of allylic oxidation sites excluding steroid dienone is 6. The Hall–Kier alpha value is -2.08. The predicted octanol–water partition coefficient (Wildman–Crippen LogP) is 4.43. The smallest absolute Gasteiger partial charge is 0.306 e. The zero-order chi connectivity index (χ0) is 31.7. The number of carbonyl (C=O) groups excluding carboxylic acids is 2.